The summed E-state index contributed by atoms with van der Waals surface area (Å²) in [6.45, 7) is 2.79. The molecular formula is C26H30N2O4S. The topological polar surface area (TPSA) is 68.8 Å². The molecular weight excluding hydrogens is 436 g/mol. The fraction of sp³-hybridized carbons (Fsp3) is 0.346. The van der Waals surface area contributed by atoms with Crippen molar-refractivity contribution in [3.63, 3.8) is 0 Å². The smallest absolute Gasteiger partial charge is 0.259 e. The maximum absolute atomic E-state index is 13.5. The molecule has 1 aromatic heterocycles. The van der Waals surface area contributed by atoms with Crippen LogP contribution >= 0.6 is 11.3 Å². The summed E-state index contributed by atoms with van der Waals surface area (Å²) in [4.78, 5) is 14.8. The van der Waals surface area contributed by atoms with Crippen molar-refractivity contribution in [2.45, 2.75) is 32.7 Å². The predicted molar refractivity (Wildman–Crippen MR) is 133 cm³/mol. The standard InChI is InChI=1S/C26H30N2O4S/c1-16-12-13-18-22(14-16)33-26(27-15-17-8-7-11-21(31-3)24(17)32-4)23(18)25(29)28-19-9-5-6-10-20(19)30-2/h5-11,16,27H,12-15H2,1-4H3,(H,28,29)/t16-/m0/s1. The van der Waals surface area contributed by atoms with E-state index in [0.717, 1.165) is 41.0 Å². The van der Waals surface area contributed by atoms with Crippen molar-refractivity contribution in [2.75, 3.05) is 32.0 Å². The zero-order valence-corrected chi connectivity index (χ0v) is 20.3. The Morgan fingerprint density at radius 2 is 1.79 bits per heavy atom. The molecule has 0 saturated carbocycles. The average molecular weight is 467 g/mol. The summed E-state index contributed by atoms with van der Waals surface area (Å²) < 4.78 is 16.4. The molecule has 1 atom stereocenters. The lowest BCUT2D eigenvalue weighted by atomic mass is 9.88. The number of hydrogen-bond acceptors (Lipinski definition) is 6. The molecule has 33 heavy (non-hydrogen) atoms. The van der Waals surface area contributed by atoms with Crippen LogP contribution < -0.4 is 24.8 Å². The van der Waals surface area contributed by atoms with E-state index in [1.807, 2.05) is 42.5 Å². The van der Waals surface area contributed by atoms with Crippen LogP contribution in [0.25, 0.3) is 0 Å². The molecule has 0 radical (unpaired) electrons. The summed E-state index contributed by atoms with van der Waals surface area (Å²) in [5.74, 6) is 2.52. The summed E-state index contributed by atoms with van der Waals surface area (Å²) >= 11 is 1.68. The van der Waals surface area contributed by atoms with Gasteiger partial charge in [0.25, 0.3) is 5.91 Å². The molecule has 0 unspecified atom stereocenters. The van der Waals surface area contributed by atoms with Gasteiger partial charge in [-0.2, -0.15) is 0 Å². The molecule has 1 aliphatic rings. The van der Waals surface area contributed by atoms with Gasteiger partial charge in [-0.15, -0.1) is 11.3 Å². The van der Waals surface area contributed by atoms with E-state index >= 15 is 0 Å². The highest BCUT2D eigenvalue weighted by molar-refractivity contribution is 7.16. The van der Waals surface area contributed by atoms with Crippen LogP contribution in [0.15, 0.2) is 42.5 Å². The van der Waals surface area contributed by atoms with Crippen molar-refractivity contribution in [3.05, 3.63) is 64.0 Å². The molecule has 7 heteroatoms. The minimum atomic E-state index is -0.119. The molecule has 2 N–H and O–H groups in total. The van der Waals surface area contributed by atoms with Crippen LogP contribution in [0.1, 0.15) is 39.7 Å². The number of carbonyl (C=O) groups excluding carboxylic acids is 1. The van der Waals surface area contributed by atoms with Crippen molar-refractivity contribution in [2.24, 2.45) is 5.92 Å². The van der Waals surface area contributed by atoms with Gasteiger partial charge in [-0.3, -0.25) is 4.79 Å². The van der Waals surface area contributed by atoms with E-state index in [0.29, 0.717) is 35.4 Å². The van der Waals surface area contributed by atoms with Gasteiger partial charge in [-0.25, -0.2) is 0 Å². The number of nitrogens with one attached hydrogen (secondary N) is 2. The zero-order valence-electron chi connectivity index (χ0n) is 19.5. The first-order valence-electron chi connectivity index (χ1n) is 11.1. The predicted octanol–water partition coefficient (Wildman–Crippen LogP) is 5.76. The summed E-state index contributed by atoms with van der Waals surface area (Å²) in [5, 5.41) is 7.46. The molecule has 4 rings (SSSR count). The van der Waals surface area contributed by atoms with E-state index in [-0.39, 0.29) is 5.91 Å². The third-order valence-corrected chi connectivity index (χ3v) is 7.23. The Morgan fingerprint density at radius 1 is 1.03 bits per heavy atom. The molecule has 3 aromatic rings. The first kappa shape index (κ1) is 23.0. The summed E-state index contributed by atoms with van der Waals surface area (Å²) in [5.41, 5.74) is 3.52. The van der Waals surface area contributed by atoms with E-state index in [2.05, 4.69) is 17.6 Å². The number of amides is 1. The molecule has 0 fully saturated rings. The highest BCUT2D eigenvalue weighted by atomic mass is 32.1. The number of methoxy groups -OCH3 is 3. The SMILES string of the molecule is COc1ccccc1NC(=O)c1c(NCc2cccc(OC)c2OC)sc2c1CC[C@H](C)C2. The third-order valence-electron chi connectivity index (χ3n) is 6.02. The molecule has 0 bridgehead atoms. The molecule has 0 aliphatic heterocycles. The first-order valence-corrected chi connectivity index (χ1v) is 11.9. The normalized spacial score (nSPS) is 14.8. The highest BCUT2D eigenvalue weighted by Crippen LogP contribution is 2.41. The number of para-hydroxylation sites is 3. The quantitative estimate of drug-likeness (QED) is 0.442. The Hall–Kier alpha value is -3.19. The number of anilines is 2. The van der Waals surface area contributed by atoms with Gasteiger partial charge < -0.3 is 24.8 Å². The molecule has 1 amide bonds. The van der Waals surface area contributed by atoms with Crippen molar-refractivity contribution in [1.29, 1.82) is 0 Å². The second-order valence-electron chi connectivity index (χ2n) is 8.22. The van der Waals surface area contributed by atoms with E-state index in [1.54, 1.807) is 32.7 Å². The monoisotopic (exact) mass is 466 g/mol. The van der Waals surface area contributed by atoms with Gasteiger partial charge in [0.1, 0.15) is 10.8 Å². The first-order chi connectivity index (χ1) is 16.0. The number of carbonyl (C=O) groups is 1. The van der Waals surface area contributed by atoms with Crippen LogP contribution in [0.4, 0.5) is 10.7 Å². The van der Waals surface area contributed by atoms with Gasteiger partial charge >= 0.3 is 0 Å². The molecule has 174 valence electrons. The van der Waals surface area contributed by atoms with Crippen molar-refractivity contribution < 1.29 is 19.0 Å². The lowest BCUT2D eigenvalue weighted by molar-refractivity contribution is 0.102. The molecule has 1 aliphatic carbocycles. The molecule has 0 spiro atoms. The minimum Gasteiger partial charge on any atom is -0.495 e. The number of benzene rings is 2. The fourth-order valence-corrected chi connectivity index (χ4v) is 5.72. The Morgan fingerprint density at radius 3 is 2.55 bits per heavy atom. The minimum absolute atomic E-state index is 0.119. The average Bonchev–Trinajstić information content (AvgIpc) is 3.20. The highest BCUT2D eigenvalue weighted by Gasteiger charge is 2.28. The van der Waals surface area contributed by atoms with Crippen molar-refractivity contribution in [1.82, 2.24) is 0 Å². The van der Waals surface area contributed by atoms with Crippen LogP contribution in [0.3, 0.4) is 0 Å². The lowest BCUT2D eigenvalue weighted by Gasteiger charge is -2.19. The van der Waals surface area contributed by atoms with E-state index < -0.39 is 0 Å². The van der Waals surface area contributed by atoms with Crippen molar-refractivity contribution in [3.8, 4) is 17.2 Å². The fourth-order valence-electron chi connectivity index (χ4n) is 4.32. The molecule has 6 nitrogen and oxygen atoms in total. The molecule has 2 aromatic carbocycles. The maximum Gasteiger partial charge on any atom is 0.259 e. The van der Waals surface area contributed by atoms with Gasteiger partial charge in [0, 0.05) is 17.0 Å². The summed E-state index contributed by atoms with van der Waals surface area (Å²) in [7, 11) is 4.87. The number of hydrogen-bond donors (Lipinski definition) is 2. The number of fused-ring (bicyclic) bond motifs is 1. The molecule has 1 heterocycles. The Bertz CT molecular complexity index is 1140. The van der Waals surface area contributed by atoms with Crippen molar-refractivity contribution >= 4 is 27.9 Å². The van der Waals surface area contributed by atoms with Crippen LogP contribution in [0.2, 0.25) is 0 Å². The van der Waals surface area contributed by atoms with Gasteiger partial charge in [0.05, 0.1) is 32.6 Å². The second kappa shape index (κ2) is 10.2. The Balaban J connectivity index is 1.65. The number of ether oxygens (including phenoxy) is 3. The summed E-state index contributed by atoms with van der Waals surface area (Å²) in [6.07, 6.45) is 2.99. The van der Waals surface area contributed by atoms with Crippen LogP contribution in [0.5, 0.6) is 17.2 Å². The van der Waals surface area contributed by atoms with Crippen LogP contribution in [0, 0.1) is 5.92 Å². The lowest BCUT2D eigenvalue weighted by Crippen LogP contribution is -2.18. The zero-order chi connectivity index (χ0) is 23.4. The van der Waals surface area contributed by atoms with Crippen LogP contribution in [-0.4, -0.2) is 27.2 Å². The van der Waals surface area contributed by atoms with Gasteiger partial charge in [-0.05, 0) is 48.9 Å². The summed E-state index contributed by atoms with van der Waals surface area (Å²) in [6, 6.07) is 13.3. The number of rotatable bonds is 8. The number of thiophene rings is 1. The largest absolute Gasteiger partial charge is 0.495 e. The van der Waals surface area contributed by atoms with Crippen LogP contribution in [-0.2, 0) is 19.4 Å². The maximum atomic E-state index is 13.5. The van der Waals surface area contributed by atoms with Gasteiger partial charge in [-0.1, -0.05) is 31.2 Å². The Labute approximate surface area is 198 Å². The molecule has 0 saturated heterocycles. The van der Waals surface area contributed by atoms with Gasteiger partial charge in [0.2, 0.25) is 0 Å². The third kappa shape index (κ3) is 4.78. The second-order valence-corrected chi connectivity index (χ2v) is 9.32. The van der Waals surface area contributed by atoms with E-state index in [4.69, 9.17) is 14.2 Å². The van der Waals surface area contributed by atoms with E-state index in [9.17, 15) is 4.79 Å². The van der Waals surface area contributed by atoms with Gasteiger partial charge in [0.15, 0.2) is 11.5 Å². The Kier molecular flexibility index (Phi) is 7.08. The van der Waals surface area contributed by atoms with E-state index in [1.165, 1.54) is 4.88 Å².